The number of rotatable bonds is 5. The van der Waals surface area contributed by atoms with Crippen molar-refractivity contribution in [2.75, 3.05) is 17.3 Å². The first kappa shape index (κ1) is 15.6. The van der Waals surface area contributed by atoms with Gasteiger partial charge >= 0.3 is 0 Å². The van der Waals surface area contributed by atoms with Gasteiger partial charge in [0.25, 0.3) is 0 Å². The summed E-state index contributed by atoms with van der Waals surface area (Å²) in [4.78, 5) is 4.88. The molecule has 0 aromatic rings. The van der Waals surface area contributed by atoms with E-state index >= 15 is 0 Å². The molecular weight excluding hydrogens is 272 g/mol. The molecule has 1 aliphatic heterocycles. The number of thioether (sulfide) groups is 2. The third-order valence-corrected chi connectivity index (χ3v) is 6.28. The van der Waals surface area contributed by atoms with Gasteiger partial charge in [-0.1, -0.05) is 38.5 Å². The first-order chi connectivity index (χ1) is 9.13. The smallest absolute Gasteiger partial charge is 0.157 e. The SMILES string of the molecule is CCSCCC(C)N=C1NC2(CCCC(C)C2)CS1. The molecule has 0 amide bonds. The number of hydrogen-bond acceptors (Lipinski definition) is 3. The van der Waals surface area contributed by atoms with E-state index in [2.05, 4.69) is 26.1 Å². The van der Waals surface area contributed by atoms with E-state index < -0.39 is 0 Å². The Bertz CT molecular complexity index is 319. The fourth-order valence-corrected chi connectivity index (χ4v) is 5.23. The van der Waals surface area contributed by atoms with Gasteiger partial charge < -0.3 is 5.32 Å². The molecule has 0 radical (unpaired) electrons. The monoisotopic (exact) mass is 300 g/mol. The first-order valence-electron chi connectivity index (χ1n) is 7.70. The third kappa shape index (κ3) is 4.59. The second-order valence-corrected chi connectivity index (χ2v) is 8.52. The Morgan fingerprint density at radius 1 is 1.58 bits per heavy atom. The van der Waals surface area contributed by atoms with Crippen LogP contribution in [0.1, 0.15) is 52.9 Å². The van der Waals surface area contributed by atoms with Gasteiger partial charge in [0.1, 0.15) is 0 Å². The molecule has 110 valence electrons. The van der Waals surface area contributed by atoms with Gasteiger partial charge in [-0.15, -0.1) is 0 Å². The highest BCUT2D eigenvalue weighted by Gasteiger charge is 2.40. The molecule has 0 bridgehead atoms. The highest BCUT2D eigenvalue weighted by Crippen LogP contribution is 2.38. The molecule has 1 saturated heterocycles. The van der Waals surface area contributed by atoms with Crippen molar-refractivity contribution in [2.24, 2.45) is 10.9 Å². The number of nitrogens with zero attached hydrogens (tertiary/aromatic N) is 1. The largest absolute Gasteiger partial charge is 0.359 e. The minimum Gasteiger partial charge on any atom is -0.359 e. The summed E-state index contributed by atoms with van der Waals surface area (Å²) in [6, 6.07) is 0.463. The van der Waals surface area contributed by atoms with Crippen LogP contribution in [-0.2, 0) is 0 Å². The lowest BCUT2D eigenvalue weighted by Gasteiger charge is -2.36. The molecule has 3 atom stereocenters. The van der Waals surface area contributed by atoms with Crippen molar-refractivity contribution < 1.29 is 0 Å². The molecule has 2 fully saturated rings. The molecular formula is C15H28N2S2. The molecule has 1 heterocycles. The third-order valence-electron chi connectivity index (χ3n) is 4.17. The molecule has 4 heteroatoms. The molecule has 1 saturated carbocycles. The number of amidine groups is 1. The molecule has 1 N–H and O–H groups in total. The van der Waals surface area contributed by atoms with Gasteiger partial charge in [0.05, 0.1) is 6.04 Å². The zero-order chi connectivity index (χ0) is 13.7. The summed E-state index contributed by atoms with van der Waals surface area (Å²) < 4.78 is 0. The van der Waals surface area contributed by atoms with Gasteiger partial charge in [-0.25, -0.2) is 0 Å². The summed E-state index contributed by atoms with van der Waals surface area (Å²) in [6.45, 7) is 6.87. The second kappa shape index (κ2) is 7.26. The predicted molar refractivity (Wildman–Crippen MR) is 90.5 cm³/mol. The van der Waals surface area contributed by atoms with Gasteiger partial charge in [-0.05, 0) is 43.6 Å². The highest BCUT2D eigenvalue weighted by atomic mass is 32.2. The lowest BCUT2D eigenvalue weighted by molar-refractivity contribution is 0.242. The van der Waals surface area contributed by atoms with Crippen molar-refractivity contribution in [2.45, 2.75) is 64.5 Å². The van der Waals surface area contributed by atoms with E-state index in [1.165, 1.54) is 54.5 Å². The predicted octanol–water partition coefficient (Wildman–Crippen LogP) is 4.16. The van der Waals surface area contributed by atoms with Crippen LogP contribution in [0.4, 0.5) is 0 Å². The van der Waals surface area contributed by atoms with Crippen molar-refractivity contribution in [1.29, 1.82) is 0 Å². The minimum absolute atomic E-state index is 0.374. The Balaban J connectivity index is 1.83. The Labute approximate surface area is 127 Å². The maximum atomic E-state index is 4.88. The Hall–Kier alpha value is 0.170. The average molecular weight is 301 g/mol. The van der Waals surface area contributed by atoms with Crippen LogP contribution >= 0.6 is 23.5 Å². The summed E-state index contributed by atoms with van der Waals surface area (Å²) in [6.07, 6.45) is 6.66. The molecule has 2 nitrogen and oxygen atoms in total. The highest BCUT2D eigenvalue weighted by molar-refractivity contribution is 8.14. The fraction of sp³-hybridized carbons (Fsp3) is 0.933. The Kier molecular flexibility index (Phi) is 5.94. The van der Waals surface area contributed by atoms with E-state index in [9.17, 15) is 0 Å². The molecule has 2 rings (SSSR count). The zero-order valence-electron chi connectivity index (χ0n) is 12.6. The normalized spacial score (nSPS) is 34.7. The van der Waals surface area contributed by atoms with Gasteiger partial charge in [-0.2, -0.15) is 11.8 Å². The van der Waals surface area contributed by atoms with E-state index in [1.54, 1.807) is 0 Å². The van der Waals surface area contributed by atoms with Crippen LogP contribution in [0.5, 0.6) is 0 Å². The van der Waals surface area contributed by atoms with E-state index in [4.69, 9.17) is 4.99 Å². The lowest BCUT2D eigenvalue weighted by Crippen LogP contribution is -2.47. The number of aliphatic imine (C=N–C) groups is 1. The summed E-state index contributed by atoms with van der Waals surface area (Å²) in [5.74, 6) is 4.56. The first-order valence-corrected chi connectivity index (χ1v) is 9.84. The van der Waals surface area contributed by atoms with Crippen molar-refractivity contribution in [3.63, 3.8) is 0 Å². The Morgan fingerprint density at radius 3 is 3.16 bits per heavy atom. The van der Waals surface area contributed by atoms with Crippen molar-refractivity contribution >= 4 is 28.7 Å². The van der Waals surface area contributed by atoms with E-state index in [0.717, 1.165) is 5.92 Å². The van der Waals surface area contributed by atoms with Gasteiger partial charge in [0.15, 0.2) is 5.17 Å². The van der Waals surface area contributed by atoms with Crippen molar-refractivity contribution in [3.05, 3.63) is 0 Å². The summed E-state index contributed by atoms with van der Waals surface area (Å²) in [7, 11) is 0. The Morgan fingerprint density at radius 2 is 2.42 bits per heavy atom. The van der Waals surface area contributed by atoms with E-state index in [1.807, 2.05) is 23.5 Å². The average Bonchev–Trinajstić information content (AvgIpc) is 2.72. The van der Waals surface area contributed by atoms with Crippen LogP contribution in [0.2, 0.25) is 0 Å². The van der Waals surface area contributed by atoms with Crippen LogP contribution in [0.15, 0.2) is 4.99 Å². The number of nitrogens with one attached hydrogen (secondary N) is 1. The summed E-state index contributed by atoms with van der Waals surface area (Å²) >= 11 is 3.97. The van der Waals surface area contributed by atoms with Crippen LogP contribution in [-0.4, -0.2) is 34.0 Å². The van der Waals surface area contributed by atoms with Gasteiger partial charge in [0, 0.05) is 11.3 Å². The topological polar surface area (TPSA) is 24.4 Å². The molecule has 0 aromatic carbocycles. The number of hydrogen-bond donors (Lipinski definition) is 1. The summed E-state index contributed by atoms with van der Waals surface area (Å²) in [5.41, 5.74) is 0.374. The molecule has 2 aliphatic rings. The van der Waals surface area contributed by atoms with Crippen LogP contribution in [0.25, 0.3) is 0 Å². The maximum Gasteiger partial charge on any atom is 0.157 e. The lowest BCUT2D eigenvalue weighted by atomic mass is 9.78. The van der Waals surface area contributed by atoms with Gasteiger partial charge in [0.2, 0.25) is 0 Å². The molecule has 0 aromatic heterocycles. The quantitative estimate of drug-likeness (QED) is 0.772. The van der Waals surface area contributed by atoms with Crippen LogP contribution in [0.3, 0.4) is 0 Å². The zero-order valence-corrected chi connectivity index (χ0v) is 14.2. The standard InChI is InChI=1S/C15H28N2S2/c1-4-18-9-7-13(3)16-14-17-15(11-19-14)8-5-6-12(2)10-15/h12-13H,4-11H2,1-3H3,(H,16,17). The molecule has 1 spiro atoms. The fourth-order valence-electron chi connectivity index (χ4n) is 3.14. The second-order valence-electron chi connectivity index (χ2n) is 6.16. The molecule has 1 aliphatic carbocycles. The summed E-state index contributed by atoms with van der Waals surface area (Å²) in [5, 5.41) is 4.98. The van der Waals surface area contributed by atoms with Crippen LogP contribution in [0, 0.1) is 5.92 Å². The molecule has 19 heavy (non-hydrogen) atoms. The minimum atomic E-state index is 0.374. The van der Waals surface area contributed by atoms with Crippen molar-refractivity contribution in [1.82, 2.24) is 5.32 Å². The van der Waals surface area contributed by atoms with E-state index in [0.29, 0.717) is 11.6 Å². The van der Waals surface area contributed by atoms with E-state index in [-0.39, 0.29) is 0 Å². The molecule has 3 unspecified atom stereocenters. The maximum absolute atomic E-state index is 4.88. The van der Waals surface area contributed by atoms with Crippen molar-refractivity contribution in [3.8, 4) is 0 Å². The van der Waals surface area contributed by atoms with Gasteiger partial charge in [-0.3, -0.25) is 4.99 Å². The van der Waals surface area contributed by atoms with Crippen LogP contribution < -0.4 is 5.32 Å².